The van der Waals surface area contributed by atoms with Crippen molar-refractivity contribution in [2.75, 3.05) is 11.9 Å². The van der Waals surface area contributed by atoms with Gasteiger partial charge in [-0.05, 0) is 64.2 Å². The number of rotatable bonds is 14. The van der Waals surface area contributed by atoms with Gasteiger partial charge in [0.25, 0.3) is 11.8 Å². The van der Waals surface area contributed by atoms with Crippen molar-refractivity contribution in [1.82, 2.24) is 10.2 Å². The number of amides is 4. The van der Waals surface area contributed by atoms with Crippen molar-refractivity contribution in [3.8, 4) is 5.75 Å². The van der Waals surface area contributed by atoms with E-state index in [0.717, 1.165) is 4.90 Å². The second kappa shape index (κ2) is 14.2. The van der Waals surface area contributed by atoms with Crippen molar-refractivity contribution in [2.24, 2.45) is 5.92 Å². The first kappa shape index (κ1) is 33.5. The molecule has 41 heavy (non-hydrogen) atoms. The molecule has 0 radical (unpaired) electrons. The first-order valence-electron chi connectivity index (χ1n) is 12.9. The lowest BCUT2D eigenvalue weighted by atomic mass is 9.96. The van der Waals surface area contributed by atoms with Crippen LogP contribution in [0.4, 0.5) is 10.5 Å². The quantitative estimate of drug-likeness (QED) is 0.120. The number of alkyl carbamates (subject to hydrolysis) is 1. The van der Waals surface area contributed by atoms with Crippen LogP contribution in [0.1, 0.15) is 58.9 Å². The Hall–Kier alpha value is -3.74. The SMILES string of the molecule is CC(C[C@H](Cc1ccc(OP(=O)(O)O)c(NC(=O)CCCCN2C(=O)C=CC2=O)c1)NC(=O)OC(C)(C)C)C(=O)O. The number of aliphatic carboxylic acids is 1. The molecule has 1 aliphatic heterocycles. The van der Waals surface area contributed by atoms with Gasteiger partial charge >= 0.3 is 19.9 Å². The monoisotopic (exact) mass is 597 g/mol. The molecule has 1 aromatic carbocycles. The lowest BCUT2D eigenvalue weighted by molar-refractivity contribution is -0.141. The summed E-state index contributed by atoms with van der Waals surface area (Å²) in [6, 6.07) is 3.42. The molecule has 2 atom stereocenters. The van der Waals surface area contributed by atoms with Gasteiger partial charge < -0.3 is 25.0 Å². The van der Waals surface area contributed by atoms with E-state index in [1.165, 1.54) is 37.3 Å². The van der Waals surface area contributed by atoms with Crippen molar-refractivity contribution in [3.05, 3.63) is 35.9 Å². The van der Waals surface area contributed by atoms with Gasteiger partial charge in [0.2, 0.25) is 5.91 Å². The summed E-state index contributed by atoms with van der Waals surface area (Å²) < 4.78 is 21.5. The number of carboxylic acids is 1. The Morgan fingerprint density at radius 1 is 1.07 bits per heavy atom. The molecule has 0 fully saturated rings. The molecule has 226 valence electrons. The van der Waals surface area contributed by atoms with Gasteiger partial charge in [-0.15, -0.1) is 0 Å². The molecule has 1 aliphatic rings. The highest BCUT2D eigenvalue weighted by molar-refractivity contribution is 7.46. The molecule has 2 rings (SSSR count). The Morgan fingerprint density at radius 2 is 1.71 bits per heavy atom. The fraction of sp³-hybridized carbons (Fsp3) is 0.500. The summed E-state index contributed by atoms with van der Waals surface area (Å²) in [5, 5.41) is 14.6. The topological polar surface area (TPSA) is 209 Å². The maximum atomic E-state index is 12.6. The summed E-state index contributed by atoms with van der Waals surface area (Å²) in [6.07, 6.45) is 2.38. The van der Waals surface area contributed by atoms with Gasteiger partial charge in [-0.3, -0.25) is 33.9 Å². The average Bonchev–Trinajstić information content (AvgIpc) is 3.13. The minimum Gasteiger partial charge on any atom is -0.481 e. The molecule has 0 aromatic heterocycles. The third-order valence-electron chi connectivity index (χ3n) is 5.73. The number of phosphoric ester groups is 1. The number of benzene rings is 1. The van der Waals surface area contributed by atoms with Crippen LogP contribution < -0.4 is 15.2 Å². The zero-order chi connectivity index (χ0) is 31.0. The predicted octanol–water partition coefficient (Wildman–Crippen LogP) is 2.74. The van der Waals surface area contributed by atoms with Crippen molar-refractivity contribution in [2.45, 2.75) is 71.4 Å². The number of nitrogens with one attached hydrogen (secondary N) is 2. The van der Waals surface area contributed by atoms with Gasteiger partial charge in [0, 0.05) is 31.2 Å². The minimum absolute atomic E-state index is 0.0256. The average molecular weight is 598 g/mol. The van der Waals surface area contributed by atoms with Crippen LogP contribution in [-0.2, 0) is 34.9 Å². The Labute approximate surface area is 237 Å². The lowest BCUT2D eigenvalue weighted by Gasteiger charge is -2.25. The molecule has 4 amide bonds. The van der Waals surface area contributed by atoms with E-state index in [0.29, 0.717) is 18.4 Å². The minimum atomic E-state index is -4.99. The first-order chi connectivity index (χ1) is 18.9. The molecule has 0 saturated heterocycles. The molecular formula is C26H36N3O11P. The largest absolute Gasteiger partial charge is 0.524 e. The van der Waals surface area contributed by atoms with Gasteiger partial charge in [0.05, 0.1) is 11.6 Å². The fourth-order valence-corrected chi connectivity index (χ4v) is 4.32. The molecule has 0 bridgehead atoms. The lowest BCUT2D eigenvalue weighted by Crippen LogP contribution is -2.41. The van der Waals surface area contributed by atoms with E-state index in [-0.39, 0.29) is 37.2 Å². The number of phosphoric acid groups is 1. The zero-order valence-corrected chi connectivity index (χ0v) is 24.2. The van der Waals surface area contributed by atoms with E-state index in [4.69, 9.17) is 9.26 Å². The van der Waals surface area contributed by atoms with Crippen LogP contribution in [0.25, 0.3) is 0 Å². The van der Waals surface area contributed by atoms with Crippen molar-refractivity contribution in [3.63, 3.8) is 0 Å². The van der Waals surface area contributed by atoms with E-state index < -0.39 is 55.2 Å². The molecule has 1 heterocycles. The van der Waals surface area contributed by atoms with Crippen LogP contribution >= 0.6 is 7.82 Å². The number of carboxylic acid groups (broad SMARTS) is 1. The Bertz CT molecular complexity index is 1220. The molecule has 0 saturated carbocycles. The fourth-order valence-electron chi connectivity index (χ4n) is 3.91. The highest BCUT2D eigenvalue weighted by Gasteiger charge is 2.26. The maximum absolute atomic E-state index is 12.6. The van der Waals surface area contributed by atoms with Gasteiger partial charge in [-0.2, -0.15) is 0 Å². The zero-order valence-electron chi connectivity index (χ0n) is 23.3. The number of hydrogen-bond acceptors (Lipinski definition) is 8. The standard InChI is InChI=1S/C26H36N3O11P/c1-16(24(33)34)13-18(27-25(35)39-26(2,3)4)14-17-8-9-20(40-41(36,37)38)19(15-17)28-21(30)7-5-6-12-29-22(31)10-11-23(29)32/h8-11,15-16,18H,5-7,12-14H2,1-4H3,(H,27,35)(H,28,30)(H,33,34)(H2,36,37,38)/t16?,18-/m1/s1. The number of hydrogen-bond donors (Lipinski definition) is 5. The molecule has 0 aliphatic carbocycles. The molecule has 0 spiro atoms. The number of unbranched alkanes of at least 4 members (excludes halogenated alkanes) is 1. The van der Waals surface area contributed by atoms with Crippen LogP contribution in [0, 0.1) is 5.92 Å². The smallest absolute Gasteiger partial charge is 0.481 e. The summed E-state index contributed by atoms with van der Waals surface area (Å²) in [6.45, 7) is 6.66. The first-order valence-corrected chi connectivity index (χ1v) is 14.4. The molecule has 1 unspecified atom stereocenters. The number of carbonyl (C=O) groups is 5. The number of anilines is 1. The number of carbonyl (C=O) groups excluding carboxylic acids is 4. The highest BCUT2D eigenvalue weighted by Crippen LogP contribution is 2.41. The number of ether oxygens (including phenoxy) is 1. The van der Waals surface area contributed by atoms with Crippen molar-refractivity contribution in [1.29, 1.82) is 0 Å². The van der Waals surface area contributed by atoms with Gasteiger partial charge in [0.1, 0.15) is 5.60 Å². The van der Waals surface area contributed by atoms with Crippen molar-refractivity contribution < 1.29 is 52.7 Å². The van der Waals surface area contributed by atoms with Crippen LogP contribution in [0.15, 0.2) is 30.4 Å². The Balaban J connectivity index is 2.15. The van der Waals surface area contributed by atoms with E-state index in [1.807, 2.05) is 0 Å². The van der Waals surface area contributed by atoms with Gasteiger partial charge in [-0.1, -0.05) is 13.0 Å². The predicted molar refractivity (Wildman–Crippen MR) is 146 cm³/mol. The van der Waals surface area contributed by atoms with Crippen LogP contribution in [0.5, 0.6) is 5.75 Å². The summed E-state index contributed by atoms with van der Waals surface area (Å²) in [4.78, 5) is 79.4. The van der Waals surface area contributed by atoms with Crippen LogP contribution in [0.2, 0.25) is 0 Å². The molecule has 14 nitrogen and oxygen atoms in total. The summed E-state index contributed by atoms with van der Waals surface area (Å²) in [5.74, 6) is -3.54. The maximum Gasteiger partial charge on any atom is 0.524 e. The van der Waals surface area contributed by atoms with E-state index in [2.05, 4.69) is 10.6 Å². The van der Waals surface area contributed by atoms with Crippen LogP contribution in [-0.4, -0.2) is 67.8 Å². The third-order valence-corrected chi connectivity index (χ3v) is 6.17. The van der Waals surface area contributed by atoms with Gasteiger partial charge in [-0.25, -0.2) is 9.36 Å². The highest BCUT2D eigenvalue weighted by atomic mass is 31.2. The number of imide groups is 1. The summed E-state index contributed by atoms with van der Waals surface area (Å²) >= 11 is 0. The summed E-state index contributed by atoms with van der Waals surface area (Å²) in [5.41, 5.74) is -0.342. The second-order valence-electron chi connectivity index (χ2n) is 10.6. The van der Waals surface area contributed by atoms with Crippen LogP contribution in [0.3, 0.4) is 0 Å². The Kier molecular flexibility index (Phi) is 11.6. The molecule has 5 N–H and O–H groups in total. The Morgan fingerprint density at radius 3 is 2.27 bits per heavy atom. The van der Waals surface area contributed by atoms with E-state index >= 15 is 0 Å². The second-order valence-corrected chi connectivity index (χ2v) is 11.8. The summed E-state index contributed by atoms with van der Waals surface area (Å²) in [7, 11) is -4.99. The van der Waals surface area contributed by atoms with E-state index in [9.17, 15) is 43.4 Å². The molecule has 15 heteroatoms. The molecular weight excluding hydrogens is 561 g/mol. The number of nitrogens with zero attached hydrogens (tertiary/aromatic N) is 1. The van der Waals surface area contributed by atoms with Gasteiger partial charge in [0.15, 0.2) is 5.75 Å². The normalized spacial score (nSPS) is 14.9. The van der Waals surface area contributed by atoms with Crippen molar-refractivity contribution >= 4 is 43.3 Å². The third kappa shape index (κ3) is 12.1. The van der Waals surface area contributed by atoms with E-state index in [1.54, 1.807) is 20.8 Å². The molecule has 1 aromatic rings.